The standard InChI is InChI=1S/C22H27N3O3.ClH/c1-15-18(22(27)25-11-13-28-14-12-25)9-6-10-19(15)24-21(26)16(2)20(23)17-7-4-3-5-8-17;/h3-10,16,20H,11-14,23H2,1-2H3,(H,24,26);1H. The lowest BCUT2D eigenvalue weighted by Gasteiger charge is -2.28. The van der Waals surface area contributed by atoms with E-state index in [1.165, 1.54) is 0 Å². The van der Waals surface area contributed by atoms with Gasteiger partial charge in [-0.05, 0) is 30.2 Å². The summed E-state index contributed by atoms with van der Waals surface area (Å²) in [5, 5.41) is 2.94. The lowest BCUT2D eigenvalue weighted by Crippen LogP contribution is -2.41. The molecule has 1 saturated heterocycles. The summed E-state index contributed by atoms with van der Waals surface area (Å²) in [7, 11) is 0. The Morgan fingerprint density at radius 2 is 1.72 bits per heavy atom. The van der Waals surface area contributed by atoms with Crippen molar-refractivity contribution in [3.05, 3.63) is 65.2 Å². The van der Waals surface area contributed by atoms with Gasteiger partial charge in [-0.25, -0.2) is 0 Å². The number of nitrogens with zero attached hydrogens (tertiary/aromatic N) is 1. The number of carbonyl (C=O) groups excluding carboxylic acids is 2. The fraction of sp³-hybridized carbons (Fsp3) is 0.364. The van der Waals surface area contributed by atoms with Gasteiger partial charge in [-0.3, -0.25) is 9.59 Å². The van der Waals surface area contributed by atoms with Gasteiger partial charge in [-0.1, -0.05) is 43.3 Å². The highest BCUT2D eigenvalue weighted by Crippen LogP contribution is 2.24. The zero-order valence-corrected chi connectivity index (χ0v) is 17.6. The van der Waals surface area contributed by atoms with E-state index in [-0.39, 0.29) is 24.2 Å². The molecule has 1 heterocycles. The Morgan fingerprint density at radius 3 is 2.38 bits per heavy atom. The summed E-state index contributed by atoms with van der Waals surface area (Å²) in [6, 6.07) is 14.6. The lowest BCUT2D eigenvalue weighted by molar-refractivity contribution is -0.120. The molecular weight excluding hydrogens is 390 g/mol. The minimum absolute atomic E-state index is 0. The third kappa shape index (κ3) is 5.35. The maximum atomic E-state index is 12.8. The molecule has 2 aromatic rings. The van der Waals surface area contributed by atoms with Crippen LogP contribution in [-0.2, 0) is 9.53 Å². The third-order valence-electron chi connectivity index (χ3n) is 5.26. The van der Waals surface area contributed by atoms with Crippen molar-refractivity contribution >= 4 is 29.9 Å². The van der Waals surface area contributed by atoms with Gasteiger partial charge in [0, 0.05) is 30.4 Å². The van der Waals surface area contributed by atoms with Crippen LogP contribution >= 0.6 is 12.4 Å². The molecule has 6 nitrogen and oxygen atoms in total. The smallest absolute Gasteiger partial charge is 0.254 e. The van der Waals surface area contributed by atoms with Gasteiger partial charge < -0.3 is 20.7 Å². The minimum Gasteiger partial charge on any atom is -0.378 e. The van der Waals surface area contributed by atoms with E-state index in [1.54, 1.807) is 17.0 Å². The van der Waals surface area contributed by atoms with Crippen LogP contribution in [0.2, 0.25) is 0 Å². The van der Waals surface area contributed by atoms with Gasteiger partial charge in [0.15, 0.2) is 0 Å². The fourth-order valence-electron chi connectivity index (χ4n) is 3.31. The summed E-state index contributed by atoms with van der Waals surface area (Å²) in [5.41, 5.74) is 9.18. The zero-order valence-electron chi connectivity index (χ0n) is 16.8. The Balaban J connectivity index is 0.00000300. The van der Waals surface area contributed by atoms with E-state index in [0.29, 0.717) is 37.6 Å². The number of halogens is 1. The van der Waals surface area contributed by atoms with Gasteiger partial charge in [-0.15, -0.1) is 12.4 Å². The first-order valence-corrected chi connectivity index (χ1v) is 9.57. The van der Waals surface area contributed by atoms with Gasteiger partial charge in [0.2, 0.25) is 5.91 Å². The molecule has 2 atom stereocenters. The van der Waals surface area contributed by atoms with Crippen LogP contribution in [0.5, 0.6) is 0 Å². The quantitative estimate of drug-likeness (QED) is 0.782. The summed E-state index contributed by atoms with van der Waals surface area (Å²) in [6.07, 6.45) is 0. The molecule has 0 aromatic heterocycles. The maximum Gasteiger partial charge on any atom is 0.254 e. The Morgan fingerprint density at radius 1 is 1.07 bits per heavy atom. The molecular formula is C22H28ClN3O3. The molecule has 0 bridgehead atoms. The van der Waals surface area contributed by atoms with Crippen molar-refractivity contribution in [3.63, 3.8) is 0 Å². The molecule has 3 N–H and O–H groups in total. The second-order valence-electron chi connectivity index (χ2n) is 7.10. The number of rotatable bonds is 5. The molecule has 1 fully saturated rings. The minimum atomic E-state index is -0.416. The van der Waals surface area contributed by atoms with Gasteiger partial charge in [-0.2, -0.15) is 0 Å². The van der Waals surface area contributed by atoms with Crippen molar-refractivity contribution in [1.82, 2.24) is 4.90 Å². The second-order valence-corrected chi connectivity index (χ2v) is 7.10. The summed E-state index contributed by atoms with van der Waals surface area (Å²) in [6.45, 7) is 5.93. The monoisotopic (exact) mass is 417 g/mol. The van der Waals surface area contributed by atoms with E-state index in [0.717, 1.165) is 11.1 Å². The normalized spacial score (nSPS) is 15.8. The molecule has 3 rings (SSSR count). The number of carbonyl (C=O) groups is 2. The van der Waals surface area contributed by atoms with Crippen LogP contribution in [0.3, 0.4) is 0 Å². The number of hydrogen-bond donors (Lipinski definition) is 2. The van der Waals surface area contributed by atoms with Crippen LogP contribution in [0.4, 0.5) is 5.69 Å². The Labute approximate surface area is 177 Å². The third-order valence-corrected chi connectivity index (χ3v) is 5.26. The van der Waals surface area contributed by atoms with Gasteiger partial charge in [0.1, 0.15) is 0 Å². The molecule has 2 aromatic carbocycles. The lowest BCUT2D eigenvalue weighted by atomic mass is 9.94. The van der Waals surface area contributed by atoms with Crippen LogP contribution in [-0.4, -0.2) is 43.0 Å². The molecule has 1 aliphatic rings. The van der Waals surface area contributed by atoms with Gasteiger partial charge in [0.05, 0.1) is 19.1 Å². The first-order chi connectivity index (χ1) is 13.5. The van der Waals surface area contributed by atoms with Gasteiger partial charge >= 0.3 is 0 Å². The zero-order chi connectivity index (χ0) is 20.1. The van der Waals surface area contributed by atoms with Crippen LogP contribution < -0.4 is 11.1 Å². The van der Waals surface area contributed by atoms with Crippen LogP contribution in [0.15, 0.2) is 48.5 Å². The largest absolute Gasteiger partial charge is 0.378 e. The highest BCUT2D eigenvalue weighted by molar-refractivity contribution is 6.00. The molecule has 0 aliphatic carbocycles. The topological polar surface area (TPSA) is 84.7 Å². The number of hydrogen-bond acceptors (Lipinski definition) is 4. The van der Waals surface area contributed by atoms with Crippen molar-refractivity contribution in [3.8, 4) is 0 Å². The van der Waals surface area contributed by atoms with E-state index in [9.17, 15) is 9.59 Å². The highest BCUT2D eigenvalue weighted by Gasteiger charge is 2.24. The van der Waals surface area contributed by atoms with Crippen molar-refractivity contribution in [2.45, 2.75) is 19.9 Å². The number of anilines is 1. The van der Waals surface area contributed by atoms with Crippen LogP contribution in [0.1, 0.15) is 34.5 Å². The van der Waals surface area contributed by atoms with Crippen LogP contribution in [0.25, 0.3) is 0 Å². The van der Waals surface area contributed by atoms with Crippen LogP contribution in [0, 0.1) is 12.8 Å². The summed E-state index contributed by atoms with van der Waals surface area (Å²) < 4.78 is 5.31. The maximum absolute atomic E-state index is 12.8. The van der Waals surface area contributed by atoms with Crippen molar-refractivity contribution in [2.24, 2.45) is 11.7 Å². The molecule has 0 saturated carbocycles. The first-order valence-electron chi connectivity index (χ1n) is 9.57. The van der Waals surface area contributed by atoms with E-state index in [4.69, 9.17) is 10.5 Å². The Hall–Kier alpha value is -2.41. The first kappa shape index (κ1) is 22.9. The van der Waals surface area contributed by atoms with Crippen molar-refractivity contribution in [2.75, 3.05) is 31.6 Å². The fourth-order valence-corrected chi connectivity index (χ4v) is 3.31. The summed E-state index contributed by atoms with van der Waals surface area (Å²) in [4.78, 5) is 27.4. The molecule has 0 spiro atoms. The average molecular weight is 418 g/mol. The van der Waals surface area contributed by atoms with Gasteiger partial charge in [0.25, 0.3) is 5.91 Å². The molecule has 29 heavy (non-hydrogen) atoms. The molecule has 2 amide bonds. The van der Waals surface area contributed by atoms with Crippen molar-refractivity contribution < 1.29 is 14.3 Å². The van der Waals surface area contributed by atoms with E-state index >= 15 is 0 Å². The summed E-state index contributed by atoms with van der Waals surface area (Å²) >= 11 is 0. The number of nitrogens with one attached hydrogen (secondary N) is 1. The average Bonchev–Trinajstić information content (AvgIpc) is 2.75. The number of ether oxygens (including phenoxy) is 1. The Kier molecular flexibility index (Phi) is 8.20. The number of morpholine rings is 1. The van der Waals surface area contributed by atoms with E-state index < -0.39 is 12.0 Å². The number of amides is 2. The molecule has 156 valence electrons. The van der Waals surface area contributed by atoms with E-state index in [1.807, 2.05) is 50.2 Å². The summed E-state index contributed by atoms with van der Waals surface area (Å²) in [5.74, 6) is -0.623. The molecule has 1 aliphatic heterocycles. The van der Waals surface area contributed by atoms with E-state index in [2.05, 4.69) is 5.32 Å². The molecule has 2 unspecified atom stereocenters. The van der Waals surface area contributed by atoms with Crippen molar-refractivity contribution in [1.29, 1.82) is 0 Å². The predicted molar refractivity (Wildman–Crippen MR) is 116 cm³/mol. The highest BCUT2D eigenvalue weighted by atomic mass is 35.5. The molecule has 0 radical (unpaired) electrons. The SMILES string of the molecule is Cc1c(NC(=O)C(C)C(N)c2ccccc2)cccc1C(=O)N1CCOCC1.Cl. The second kappa shape index (κ2) is 10.4. The Bertz CT molecular complexity index is 838. The predicted octanol–water partition coefficient (Wildman–Crippen LogP) is 3.16. The molecule has 7 heteroatoms. The number of nitrogens with two attached hydrogens (primary N) is 1. The number of benzene rings is 2.